The number of ether oxygens (including phenoxy) is 2. The molecule has 1 aliphatic heterocycles. The molecule has 1 heterocycles. The fourth-order valence-corrected chi connectivity index (χ4v) is 1.69. The Morgan fingerprint density at radius 3 is 2.41 bits per heavy atom. The third-order valence-corrected chi connectivity index (χ3v) is 2.47. The number of halogens is 2. The summed E-state index contributed by atoms with van der Waals surface area (Å²) in [4.78, 5) is 12.7. The average molecular weight is 251 g/mol. The molecule has 4 nitrogen and oxygen atoms in total. The Kier molecular flexibility index (Phi) is 3.96. The number of likely N-dealkylation sites (tertiary alicyclic amines) is 1. The molecule has 1 aliphatic rings. The van der Waals surface area contributed by atoms with Gasteiger partial charge in [0.2, 0.25) is 0 Å². The Hall–Kier alpha value is -0.910. The summed E-state index contributed by atoms with van der Waals surface area (Å²) in [6.07, 6.45) is -1.71. The zero-order valence-corrected chi connectivity index (χ0v) is 10.6. The van der Waals surface area contributed by atoms with Crippen LogP contribution in [-0.4, -0.2) is 48.8 Å². The molecule has 0 saturated carbocycles. The summed E-state index contributed by atoms with van der Waals surface area (Å²) in [5.41, 5.74) is -0.676. The van der Waals surface area contributed by atoms with E-state index in [1.807, 2.05) is 0 Å². The molecular weight excluding hydrogens is 232 g/mol. The topological polar surface area (TPSA) is 38.8 Å². The predicted molar refractivity (Wildman–Crippen MR) is 58.2 cm³/mol. The Bertz CT molecular complexity index is 289. The van der Waals surface area contributed by atoms with Crippen molar-refractivity contribution in [3.8, 4) is 0 Å². The summed E-state index contributed by atoms with van der Waals surface area (Å²) < 4.78 is 36.8. The number of carbonyl (C=O) groups excluding carboxylic acids is 1. The van der Waals surface area contributed by atoms with Crippen molar-refractivity contribution in [1.82, 2.24) is 4.90 Å². The highest BCUT2D eigenvalue weighted by Gasteiger charge is 2.46. The predicted octanol–water partition coefficient (Wildman–Crippen LogP) is 2.28. The Morgan fingerprint density at radius 2 is 2.00 bits per heavy atom. The minimum absolute atomic E-state index is 0.114. The summed E-state index contributed by atoms with van der Waals surface area (Å²) in [6, 6.07) is 0. The van der Waals surface area contributed by atoms with Crippen LogP contribution in [-0.2, 0) is 9.47 Å². The minimum Gasteiger partial charge on any atom is -0.444 e. The zero-order chi connectivity index (χ0) is 13.3. The average Bonchev–Trinajstić information content (AvgIpc) is 2.13. The van der Waals surface area contributed by atoms with Crippen molar-refractivity contribution in [3.63, 3.8) is 0 Å². The van der Waals surface area contributed by atoms with Gasteiger partial charge in [-0.3, -0.25) is 0 Å². The van der Waals surface area contributed by atoms with Crippen LogP contribution in [0.1, 0.15) is 27.2 Å². The highest BCUT2D eigenvalue weighted by molar-refractivity contribution is 5.68. The van der Waals surface area contributed by atoms with Gasteiger partial charge in [0.1, 0.15) is 11.7 Å². The van der Waals surface area contributed by atoms with E-state index < -0.39 is 30.3 Å². The standard InChI is InChI=1S/C11H19F2NO3/c1-10(2,3)17-9(15)14-6-5-8(16-4)11(12,13)7-14/h8H,5-7H2,1-4H3/t8-/m0/s1. The molecule has 0 aromatic rings. The second-order valence-corrected chi connectivity index (χ2v) is 5.18. The third-order valence-electron chi connectivity index (χ3n) is 2.47. The molecule has 1 fully saturated rings. The van der Waals surface area contributed by atoms with Gasteiger partial charge in [0.15, 0.2) is 0 Å². The van der Waals surface area contributed by atoms with Crippen molar-refractivity contribution >= 4 is 6.09 Å². The fraction of sp³-hybridized carbons (Fsp3) is 0.909. The van der Waals surface area contributed by atoms with Crippen LogP contribution in [0, 0.1) is 0 Å². The van der Waals surface area contributed by atoms with E-state index >= 15 is 0 Å². The molecule has 0 aromatic carbocycles. The molecule has 17 heavy (non-hydrogen) atoms. The van der Waals surface area contributed by atoms with Crippen LogP contribution < -0.4 is 0 Å². The number of carbonyl (C=O) groups is 1. The molecule has 0 aliphatic carbocycles. The normalized spacial score (nSPS) is 24.6. The molecule has 0 radical (unpaired) electrons. The number of piperidine rings is 1. The first kappa shape index (κ1) is 14.2. The lowest BCUT2D eigenvalue weighted by atomic mass is 10.0. The number of rotatable bonds is 1. The first-order chi connectivity index (χ1) is 7.65. The van der Waals surface area contributed by atoms with Crippen LogP contribution in [0.4, 0.5) is 13.6 Å². The Labute approximate surface area is 99.9 Å². The van der Waals surface area contributed by atoms with E-state index in [1.54, 1.807) is 20.8 Å². The van der Waals surface area contributed by atoms with E-state index in [0.29, 0.717) is 0 Å². The maximum Gasteiger partial charge on any atom is 0.410 e. The van der Waals surface area contributed by atoms with Crippen molar-refractivity contribution in [3.05, 3.63) is 0 Å². The van der Waals surface area contributed by atoms with E-state index in [2.05, 4.69) is 0 Å². The number of methoxy groups -OCH3 is 1. The first-order valence-electron chi connectivity index (χ1n) is 5.54. The second kappa shape index (κ2) is 4.76. The smallest absolute Gasteiger partial charge is 0.410 e. The van der Waals surface area contributed by atoms with Gasteiger partial charge in [-0.2, -0.15) is 0 Å². The molecule has 0 N–H and O–H groups in total. The molecule has 6 heteroatoms. The van der Waals surface area contributed by atoms with Gasteiger partial charge in [-0.15, -0.1) is 0 Å². The van der Waals surface area contributed by atoms with Crippen LogP contribution in [0.25, 0.3) is 0 Å². The molecule has 0 bridgehead atoms. The van der Waals surface area contributed by atoms with Crippen LogP contribution >= 0.6 is 0 Å². The molecule has 1 saturated heterocycles. The molecule has 0 unspecified atom stereocenters. The molecule has 0 spiro atoms. The van der Waals surface area contributed by atoms with Crippen molar-refractivity contribution in [2.75, 3.05) is 20.2 Å². The third kappa shape index (κ3) is 3.80. The van der Waals surface area contributed by atoms with Gasteiger partial charge in [0, 0.05) is 13.7 Å². The number of nitrogens with zero attached hydrogens (tertiary/aromatic N) is 1. The molecule has 100 valence electrons. The highest BCUT2D eigenvalue weighted by Crippen LogP contribution is 2.30. The lowest BCUT2D eigenvalue weighted by molar-refractivity contribution is -0.159. The lowest BCUT2D eigenvalue weighted by Crippen LogP contribution is -2.54. The summed E-state index contributed by atoms with van der Waals surface area (Å²) >= 11 is 0. The largest absolute Gasteiger partial charge is 0.444 e. The number of hydrogen-bond acceptors (Lipinski definition) is 3. The van der Waals surface area contributed by atoms with Crippen molar-refractivity contribution in [2.24, 2.45) is 0 Å². The molecular formula is C11H19F2NO3. The van der Waals surface area contributed by atoms with Crippen LogP contribution in [0.2, 0.25) is 0 Å². The quantitative estimate of drug-likeness (QED) is 0.717. The van der Waals surface area contributed by atoms with Gasteiger partial charge in [-0.05, 0) is 27.2 Å². The van der Waals surface area contributed by atoms with E-state index in [1.165, 1.54) is 7.11 Å². The van der Waals surface area contributed by atoms with Gasteiger partial charge in [-0.25, -0.2) is 13.6 Å². The van der Waals surface area contributed by atoms with Crippen LogP contribution in [0.15, 0.2) is 0 Å². The zero-order valence-electron chi connectivity index (χ0n) is 10.6. The molecule has 1 rings (SSSR count). The van der Waals surface area contributed by atoms with Gasteiger partial charge in [-0.1, -0.05) is 0 Å². The molecule has 1 atom stereocenters. The van der Waals surface area contributed by atoms with E-state index in [4.69, 9.17) is 9.47 Å². The van der Waals surface area contributed by atoms with Gasteiger partial charge >= 0.3 is 6.09 Å². The number of alkyl halides is 2. The minimum atomic E-state index is -3.02. The maximum absolute atomic E-state index is 13.5. The van der Waals surface area contributed by atoms with Gasteiger partial charge in [0.05, 0.1) is 6.54 Å². The van der Waals surface area contributed by atoms with Crippen LogP contribution in [0.5, 0.6) is 0 Å². The highest BCUT2D eigenvalue weighted by atomic mass is 19.3. The summed E-state index contributed by atoms with van der Waals surface area (Å²) in [6.45, 7) is 4.67. The monoisotopic (exact) mass is 251 g/mol. The Morgan fingerprint density at radius 1 is 1.41 bits per heavy atom. The molecule has 0 aromatic heterocycles. The van der Waals surface area contributed by atoms with Crippen molar-refractivity contribution in [1.29, 1.82) is 0 Å². The van der Waals surface area contributed by atoms with Gasteiger partial charge in [0.25, 0.3) is 5.92 Å². The summed E-state index contributed by atoms with van der Waals surface area (Å²) in [5.74, 6) is -3.02. The summed E-state index contributed by atoms with van der Waals surface area (Å²) in [7, 11) is 1.25. The van der Waals surface area contributed by atoms with Gasteiger partial charge < -0.3 is 14.4 Å². The second-order valence-electron chi connectivity index (χ2n) is 5.18. The number of amides is 1. The fourth-order valence-electron chi connectivity index (χ4n) is 1.69. The number of hydrogen-bond donors (Lipinski definition) is 0. The molecule has 1 amide bonds. The Balaban J connectivity index is 2.62. The first-order valence-corrected chi connectivity index (χ1v) is 5.54. The van der Waals surface area contributed by atoms with Crippen LogP contribution in [0.3, 0.4) is 0 Å². The van der Waals surface area contributed by atoms with E-state index in [0.717, 1.165) is 4.90 Å². The van der Waals surface area contributed by atoms with Crippen molar-refractivity contribution < 1.29 is 23.0 Å². The van der Waals surface area contributed by atoms with E-state index in [9.17, 15) is 13.6 Å². The lowest BCUT2D eigenvalue weighted by Gasteiger charge is -2.37. The maximum atomic E-state index is 13.5. The van der Waals surface area contributed by atoms with Crippen molar-refractivity contribution in [2.45, 2.75) is 44.8 Å². The summed E-state index contributed by atoms with van der Waals surface area (Å²) in [5, 5.41) is 0. The van der Waals surface area contributed by atoms with E-state index in [-0.39, 0.29) is 13.0 Å². The SMILES string of the molecule is CO[C@H]1CCN(C(=O)OC(C)(C)C)CC1(F)F.